The van der Waals surface area contributed by atoms with Crippen molar-refractivity contribution >= 4 is 0 Å². The lowest BCUT2D eigenvalue weighted by molar-refractivity contribution is 0.0672. The summed E-state index contributed by atoms with van der Waals surface area (Å²) in [4.78, 5) is 17.3. The van der Waals surface area contributed by atoms with Crippen molar-refractivity contribution < 1.29 is 0 Å². The van der Waals surface area contributed by atoms with E-state index in [0.717, 1.165) is 50.6 Å². The Balaban J connectivity index is 1.24. The number of hydrogen-bond donors (Lipinski definition) is 0. The fourth-order valence-corrected chi connectivity index (χ4v) is 4.63. The molecule has 4 rings (SSSR count). The van der Waals surface area contributed by atoms with Crippen LogP contribution in [0.2, 0.25) is 0 Å². The van der Waals surface area contributed by atoms with Gasteiger partial charge in [-0.2, -0.15) is 5.10 Å². The molecule has 0 spiro atoms. The Kier molecular flexibility index (Phi) is 4.72. The maximum absolute atomic E-state index is 12.2. The molecule has 24 heavy (non-hydrogen) atoms. The van der Waals surface area contributed by atoms with E-state index in [-0.39, 0.29) is 5.56 Å². The molecule has 2 fully saturated rings. The number of piperidine rings is 1. The summed E-state index contributed by atoms with van der Waals surface area (Å²) in [5, 5.41) is 4.61. The summed E-state index contributed by atoms with van der Waals surface area (Å²) in [7, 11) is 2.27. The zero-order chi connectivity index (χ0) is 16.5. The van der Waals surface area contributed by atoms with Gasteiger partial charge in [0.25, 0.3) is 5.56 Å². The van der Waals surface area contributed by atoms with Crippen LogP contribution in [0, 0.1) is 5.92 Å². The fourth-order valence-electron chi connectivity index (χ4n) is 4.63. The Morgan fingerprint density at radius 1 is 1.21 bits per heavy atom. The van der Waals surface area contributed by atoms with Crippen LogP contribution in [0.5, 0.6) is 0 Å². The number of aromatic nitrogens is 2. The van der Waals surface area contributed by atoms with Gasteiger partial charge in [0.1, 0.15) is 0 Å². The maximum Gasteiger partial charge on any atom is 0.267 e. The normalized spacial score (nSPS) is 25.6. The van der Waals surface area contributed by atoms with Crippen LogP contribution in [-0.2, 0) is 19.4 Å². The molecule has 1 aromatic rings. The van der Waals surface area contributed by atoms with Crippen LogP contribution < -0.4 is 5.56 Å². The lowest BCUT2D eigenvalue weighted by atomic mass is 9.96. The molecule has 2 aliphatic heterocycles. The van der Waals surface area contributed by atoms with Crippen molar-refractivity contribution in [2.75, 3.05) is 33.2 Å². The van der Waals surface area contributed by atoms with Crippen LogP contribution in [-0.4, -0.2) is 58.8 Å². The summed E-state index contributed by atoms with van der Waals surface area (Å²) in [6.07, 6.45) is 8.64. The van der Waals surface area contributed by atoms with Crippen molar-refractivity contribution in [3.05, 3.63) is 27.7 Å². The minimum absolute atomic E-state index is 0.0953. The number of fused-ring (bicyclic) bond motifs is 1. The summed E-state index contributed by atoms with van der Waals surface area (Å²) >= 11 is 0. The van der Waals surface area contributed by atoms with E-state index in [0.29, 0.717) is 5.92 Å². The Hall–Kier alpha value is -1.20. The minimum Gasteiger partial charge on any atom is -0.303 e. The number of likely N-dealkylation sites (tertiary alicyclic amines) is 2. The van der Waals surface area contributed by atoms with Crippen LogP contribution in [0.3, 0.4) is 0 Å². The van der Waals surface area contributed by atoms with Crippen LogP contribution in [0.4, 0.5) is 0 Å². The number of rotatable bonds is 5. The average molecular weight is 330 g/mol. The molecule has 0 amide bonds. The maximum atomic E-state index is 12.2. The van der Waals surface area contributed by atoms with Gasteiger partial charge in [0, 0.05) is 31.1 Å². The van der Waals surface area contributed by atoms with E-state index >= 15 is 0 Å². The molecule has 3 heterocycles. The first kappa shape index (κ1) is 16.3. The molecule has 0 aromatic carbocycles. The fraction of sp³-hybridized carbons (Fsp3) is 0.789. The summed E-state index contributed by atoms with van der Waals surface area (Å²) in [5.74, 6) is 0.596. The molecule has 132 valence electrons. The molecule has 5 heteroatoms. The molecule has 0 radical (unpaired) electrons. The zero-order valence-corrected chi connectivity index (χ0v) is 14.9. The highest BCUT2D eigenvalue weighted by molar-refractivity contribution is 5.22. The molecular formula is C19H30N4O. The largest absolute Gasteiger partial charge is 0.303 e. The van der Waals surface area contributed by atoms with Crippen LogP contribution in [0.25, 0.3) is 0 Å². The molecule has 0 N–H and O–H groups in total. The molecule has 1 aliphatic carbocycles. The van der Waals surface area contributed by atoms with Crippen molar-refractivity contribution in [1.82, 2.24) is 19.6 Å². The highest BCUT2D eigenvalue weighted by atomic mass is 16.1. The molecule has 3 aliphatic rings. The first-order valence-electron chi connectivity index (χ1n) is 9.71. The smallest absolute Gasteiger partial charge is 0.267 e. The Bertz CT molecular complexity index is 635. The van der Waals surface area contributed by atoms with E-state index in [4.69, 9.17) is 0 Å². The summed E-state index contributed by atoms with van der Waals surface area (Å²) in [5.41, 5.74) is 2.44. The van der Waals surface area contributed by atoms with Gasteiger partial charge >= 0.3 is 0 Å². The van der Waals surface area contributed by atoms with Gasteiger partial charge in [-0.25, -0.2) is 4.68 Å². The highest BCUT2D eigenvalue weighted by Gasteiger charge is 2.29. The Labute approximate surface area is 144 Å². The second-order valence-electron chi connectivity index (χ2n) is 8.03. The van der Waals surface area contributed by atoms with Gasteiger partial charge in [-0.05, 0) is 64.2 Å². The van der Waals surface area contributed by atoms with Gasteiger partial charge in [0.2, 0.25) is 0 Å². The van der Waals surface area contributed by atoms with E-state index < -0.39 is 0 Å². The molecule has 0 saturated carbocycles. The predicted octanol–water partition coefficient (Wildman–Crippen LogP) is 1.54. The van der Waals surface area contributed by atoms with Crippen molar-refractivity contribution in [3.63, 3.8) is 0 Å². The first-order chi connectivity index (χ1) is 11.7. The summed E-state index contributed by atoms with van der Waals surface area (Å²) < 4.78 is 1.72. The highest BCUT2D eigenvalue weighted by Crippen LogP contribution is 2.22. The SMILES string of the molecule is CN1CCCCC1CCN1CC(Cn2nc3c(cc2=O)CCC3)C1. The average Bonchev–Trinajstić information content (AvgIpc) is 2.98. The molecular weight excluding hydrogens is 300 g/mol. The van der Waals surface area contributed by atoms with E-state index in [1.54, 1.807) is 4.68 Å². The van der Waals surface area contributed by atoms with Crippen molar-refractivity contribution in [2.45, 2.75) is 57.5 Å². The van der Waals surface area contributed by atoms with E-state index in [1.165, 1.54) is 44.3 Å². The second-order valence-corrected chi connectivity index (χ2v) is 8.03. The summed E-state index contributed by atoms with van der Waals surface area (Å²) in [6.45, 7) is 5.52. The van der Waals surface area contributed by atoms with Gasteiger partial charge in [-0.15, -0.1) is 0 Å². The number of hydrogen-bond acceptors (Lipinski definition) is 4. The molecule has 5 nitrogen and oxygen atoms in total. The quantitative estimate of drug-likeness (QED) is 0.821. The molecule has 0 bridgehead atoms. The van der Waals surface area contributed by atoms with Gasteiger partial charge in [-0.1, -0.05) is 6.42 Å². The lowest BCUT2D eigenvalue weighted by Gasteiger charge is -2.41. The van der Waals surface area contributed by atoms with Gasteiger partial charge in [-0.3, -0.25) is 4.79 Å². The molecule has 1 atom stereocenters. The third kappa shape index (κ3) is 3.42. The molecule has 2 saturated heterocycles. The van der Waals surface area contributed by atoms with Crippen LogP contribution >= 0.6 is 0 Å². The van der Waals surface area contributed by atoms with Crippen LogP contribution in [0.1, 0.15) is 43.4 Å². The summed E-state index contributed by atoms with van der Waals surface area (Å²) in [6, 6.07) is 2.60. The predicted molar refractivity (Wildman–Crippen MR) is 95.3 cm³/mol. The van der Waals surface area contributed by atoms with E-state index in [9.17, 15) is 4.79 Å². The topological polar surface area (TPSA) is 41.4 Å². The van der Waals surface area contributed by atoms with Crippen molar-refractivity contribution in [2.24, 2.45) is 5.92 Å². The number of aryl methyl sites for hydroxylation is 2. The van der Waals surface area contributed by atoms with Crippen molar-refractivity contribution in [1.29, 1.82) is 0 Å². The lowest BCUT2D eigenvalue weighted by Crippen LogP contribution is -2.51. The van der Waals surface area contributed by atoms with Gasteiger partial charge in [0.05, 0.1) is 12.2 Å². The Morgan fingerprint density at radius 3 is 2.92 bits per heavy atom. The van der Waals surface area contributed by atoms with E-state index in [2.05, 4.69) is 21.9 Å². The number of nitrogens with zero attached hydrogens (tertiary/aromatic N) is 4. The second kappa shape index (κ2) is 6.96. The van der Waals surface area contributed by atoms with Crippen LogP contribution in [0.15, 0.2) is 10.9 Å². The van der Waals surface area contributed by atoms with Gasteiger partial charge in [0.15, 0.2) is 0 Å². The first-order valence-corrected chi connectivity index (χ1v) is 9.71. The van der Waals surface area contributed by atoms with E-state index in [1.807, 2.05) is 6.07 Å². The Morgan fingerprint density at radius 2 is 2.08 bits per heavy atom. The third-order valence-electron chi connectivity index (χ3n) is 6.19. The van der Waals surface area contributed by atoms with Crippen molar-refractivity contribution in [3.8, 4) is 0 Å². The zero-order valence-electron chi connectivity index (χ0n) is 14.9. The third-order valence-corrected chi connectivity index (χ3v) is 6.19. The van der Waals surface area contributed by atoms with Gasteiger partial charge < -0.3 is 9.80 Å². The molecule has 1 aromatic heterocycles. The standard InChI is InChI=1S/C19H30N4O/c1-21-9-3-2-6-17(21)8-10-22-12-15(13-22)14-23-19(24)11-16-5-4-7-18(16)20-23/h11,15,17H,2-10,12-14H2,1H3. The minimum atomic E-state index is 0.0953. The monoisotopic (exact) mass is 330 g/mol. The molecule has 1 unspecified atom stereocenters.